The van der Waals surface area contributed by atoms with Crippen molar-refractivity contribution in [2.24, 2.45) is 11.5 Å². The lowest BCUT2D eigenvalue weighted by molar-refractivity contribution is -0.137. The number of nitrogens with zero attached hydrogens (tertiary/aromatic N) is 1. The highest BCUT2D eigenvalue weighted by Gasteiger charge is 2.31. The molecule has 0 unspecified atom stereocenters. The number of thiazole rings is 1. The van der Waals surface area contributed by atoms with Crippen LogP contribution in [-0.2, 0) is 19.1 Å². The zero-order chi connectivity index (χ0) is 17.0. The maximum Gasteiger partial charge on any atom is 0.416 e. The van der Waals surface area contributed by atoms with Crippen LogP contribution in [0.3, 0.4) is 0 Å². The van der Waals surface area contributed by atoms with E-state index in [9.17, 15) is 18.0 Å². The summed E-state index contributed by atoms with van der Waals surface area (Å²) in [5.41, 5.74) is 10.4. The molecule has 1 aromatic carbocycles. The lowest BCUT2D eigenvalue weighted by Crippen LogP contribution is -2.15. The van der Waals surface area contributed by atoms with Crippen LogP contribution >= 0.6 is 11.3 Å². The molecule has 1 amide bonds. The second-order valence-electron chi connectivity index (χ2n) is 4.74. The van der Waals surface area contributed by atoms with Gasteiger partial charge in [0.1, 0.15) is 5.69 Å². The van der Waals surface area contributed by atoms with Crippen molar-refractivity contribution < 1.29 is 18.0 Å². The molecular weight excluding hydrogens is 329 g/mol. The molecule has 2 rings (SSSR count). The predicted molar refractivity (Wildman–Crippen MR) is 82.2 cm³/mol. The molecule has 0 saturated heterocycles. The summed E-state index contributed by atoms with van der Waals surface area (Å²) in [5.74, 6) is -0.577. The molecule has 23 heavy (non-hydrogen) atoms. The van der Waals surface area contributed by atoms with Gasteiger partial charge in [-0.15, -0.1) is 11.3 Å². The van der Waals surface area contributed by atoms with Crippen molar-refractivity contribution in [3.8, 4) is 0 Å². The summed E-state index contributed by atoms with van der Waals surface area (Å²) < 4.78 is 38.6. The lowest BCUT2D eigenvalue weighted by atomic mass is 10.1. The number of anilines is 1. The van der Waals surface area contributed by atoms with Gasteiger partial charge in [-0.25, -0.2) is 4.98 Å². The number of benzene rings is 1. The summed E-state index contributed by atoms with van der Waals surface area (Å²) in [6.45, 7) is 0.339. The Morgan fingerprint density at radius 1 is 1.26 bits per heavy atom. The number of nitrogens with one attached hydrogen (secondary N) is 1. The molecule has 0 fully saturated rings. The topological polar surface area (TPSA) is 94.0 Å². The average Bonchev–Trinajstić information content (AvgIpc) is 2.95. The van der Waals surface area contributed by atoms with Gasteiger partial charge in [-0.05, 0) is 30.3 Å². The number of alkyl halides is 3. The van der Waals surface area contributed by atoms with E-state index in [0.29, 0.717) is 18.0 Å². The van der Waals surface area contributed by atoms with E-state index < -0.39 is 17.6 Å². The normalized spacial score (nSPS) is 11.5. The molecule has 1 heterocycles. The standard InChI is InChI=1S/C14H15F3N4OS/c15-14(16,17)9-3-8(6-19)4-10(5-9)20-13(22)11-7-23-12(21-11)1-2-18/h3-5,7H,1-2,6,18-19H2,(H,20,22). The summed E-state index contributed by atoms with van der Waals surface area (Å²) >= 11 is 1.28. The van der Waals surface area contributed by atoms with Crippen LogP contribution in [-0.4, -0.2) is 17.4 Å². The average molecular weight is 344 g/mol. The second-order valence-corrected chi connectivity index (χ2v) is 5.68. The molecule has 5 nitrogen and oxygen atoms in total. The van der Waals surface area contributed by atoms with Gasteiger partial charge in [0.2, 0.25) is 0 Å². The maximum absolute atomic E-state index is 12.9. The molecule has 2 aromatic rings. The number of nitrogens with two attached hydrogens (primary N) is 2. The van der Waals surface area contributed by atoms with Crippen molar-refractivity contribution in [2.75, 3.05) is 11.9 Å². The van der Waals surface area contributed by atoms with Gasteiger partial charge in [-0.1, -0.05) is 0 Å². The molecule has 0 bridgehead atoms. The highest BCUT2D eigenvalue weighted by molar-refractivity contribution is 7.09. The third kappa shape index (κ3) is 4.50. The number of carbonyl (C=O) groups excluding carboxylic acids is 1. The Labute approximate surface area is 134 Å². The monoisotopic (exact) mass is 344 g/mol. The quantitative estimate of drug-likeness (QED) is 0.776. The van der Waals surface area contributed by atoms with Crippen molar-refractivity contribution >= 4 is 22.9 Å². The summed E-state index contributed by atoms with van der Waals surface area (Å²) in [6, 6.07) is 3.22. The maximum atomic E-state index is 12.9. The third-order valence-corrected chi connectivity index (χ3v) is 3.86. The fourth-order valence-electron chi connectivity index (χ4n) is 1.89. The minimum atomic E-state index is -4.51. The fraction of sp³-hybridized carbons (Fsp3) is 0.286. The molecule has 0 aliphatic rings. The molecule has 0 spiro atoms. The van der Waals surface area contributed by atoms with E-state index in [1.807, 2.05) is 0 Å². The van der Waals surface area contributed by atoms with Gasteiger partial charge in [0.15, 0.2) is 0 Å². The summed E-state index contributed by atoms with van der Waals surface area (Å²) in [5, 5.41) is 4.66. The lowest BCUT2D eigenvalue weighted by Gasteiger charge is -2.12. The van der Waals surface area contributed by atoms with E-state index in [1.54, 1.807) is 0 Å². The Hall–Kier alpha value is -1.97. The molecular formula is C14H15F3N4OS. The Morgan fingerprint density at radius 2 is 2.00 bits per heavy atom. The second kappa shape index (κ2) is 7.07. The third-order valence-electron chi connectivity index (χ3n) is 2.96. The number of hydrogen-bond donors (Lipinski definition) is 3. The molecule has 9 heteroatoms. The largest absolute Gasteiger partial charge is 0.416 e. The summed E-state index contributed by atoms with van der Waals surface area (Å²) in [4.78, 5) is 16.2. The molecule has 0 aliphatic heterocycles. The summed E-state index contributed by atoms with van der Waals surface area (Å²) in [7, 11) is 0. The minimum Gasteiger partial charge on any atom is -0.330 e. The van der Waals surface area contributed by atoms with Crippen LogP contribution in [0.5, 0.6) is 0 Å². The van der Waals surface area contributed by atoms with Gasteiger partial charge < -0.3 is 16.8 Å². The van der Waals surface area contributed by atoms with E-state index in [2.05, 4.69) is 10.3 Å². The smallest absolute Gasteiger partial charge is 0.330 e. The van der Waals surface area contributed by atoms with Crippen molar-refractivity contribution in [1.29, 1.82) is 0 Å². The number of amides is 1. The van der Waals surface area contributed by atoms with Crippen LogP contribution in [0.15, 0.2) is 23.6 Å². The van der Waals surface area contributed by atoms with Crippen LogP contribution in [0.2, 0.25) is 0 Å². The van der Waals surface area contributed by atoms with Crippen molar-refractivity contribution in [3.63, 3.8) is 0 Å². The zero-order valence-corrected chi connectivity index (χ0v) is 12.8. The zero-order valence-electron chi connectivity index (χ0n) is 12.0. The predicted octanol–water partition coefficient (Wildman–Crippen LogP) is 2.37. The Balaban J connectivity index is 2.22. The molecule has 0 atom stereocenters. The number of rotatable bonds is 5. The Morgan fingerprint density at radius 3 is 2.61 bits per heavy atom. The van der Waals surface area contributed by atoms with E-state index in [0.717, 1.165) is 12.1 Å². The molecule has 0 radical (unpaired) electrons. The van der Waals surface area contributed by atoms with Crippen LogP contribution in [0.1, 0.15) is 26.6 Å². The molecule has 124 valence electrons. The Kier molecular flexibility index (Phi) is 5.34. The van der Waals surface area contributed by atoms with Crippen LogP contribution in [0.4, 0.5) is 18.9 Å². The van der Waals surface area contributed by atoms with Crippen LogP contribution in [0, 0.1) is 0 Å². The molecule has 0 aliphatic carbocycles. The van der Waals surface area contributed by atoms with Gasteiger partial charge >= 0.3 is 6.18 Å². The Bertz CT molecular complexity index is 700. The first-order chi connectivity index (χ1) is 10.8. The first-order valence-electron chi connectivity index (χ1n) is 6.70. The fourth-order valence-corrected chi connectivity index (χ4v) is 2.69. The highest BCUT2D eigenvalue weighted by Crippen LogP contribution is 2.32. The minimum absolute atomic E-state index is 0.0265. The van der Waals surface area contributed by atoms with Crippen LogP contribution in [0.25, 0.3) is 0 Å². The van der Waals surface area contributed by atoms with Gasteiger partial charge in [0.05, 0.1) is 10.6 Å². The first-order valence-corrected chi connectivity index (χ1v) is 7.58. The van der Waals surface area contributed by atoms with E-state index in [4.69, 9.17) is 11.5 Å². The van der Waals surface area contributed by atoms with Gasteiger partial charge in [0, 0.05) is 24.0 Å². The van der Waals surface area contributed by atoms with E-state index >= 15 is 0 Å². The summed E-state index contributed by atoms with van der Waals surface area (Å²) in [6.07, 6.45) is -3.97. The van der Waals surface area contributed by atoms with Gasteiger partial charge in [0.25, 0.3) is 5.91 Å². The van der Waals surface area contributed by atoms with Crippen molar-refractivity contribution in [3.05, 3.63) is 45.4 Å². The van der Waals surface area contributed by atoms with Gasteiger partial charge in [-0.2, -0.15) is 13.2 Å². The van der Waals surface area contributed by atoms with Gasteiger partial charge in [-0.3, -0.25) is 4.79 Å². The highest BCUT2D eigenvalue weighted by atomic mass is 32.1. The molecule has 1 aromatic heterocycles. The molecule has 0 saturated carbocycles. The number of halogens is 3. The van der Waals surface area contributed by atoms with E-state index in [1.165, 1.54) is 22.8 Å². The first kappa shape index (κ1) is 17.4. The van der Waals surface area contributed by atoms with E-state index in [-0.39, 0.29) is 23.5 Å². The van der Waals surface area contributed by atoms with Crippen molar-refractivity contribution in [2.45, 2.75) is 19.1 Å². The number of carbonyl (C=O) groups is 1. The number of aromatic nitrogens is 1. The SMILES string of the molecule is NCCc1nc(C(=O)Nc2cc(CN)cc(C(F)(F)F)c2)cs1. The van der Waals surface area contributed by atoms with Crippen molar-refractivity contribution in [1.82, 2.24) is 4.98 Å². The number of hydrogen-bond acceptors (Lipinski definition) is 5. The molecule has 5 N–H and O–H groups in total. The van der Waals surface area contributed by atoms with Crippen LogP contribution < -0.4 is 16.8 Å².